The summed E-state index contributed by atoms with van der Waals surface area (Å²) in [6.45, 7) is 2.16. The fourth-order valence-corrected chi connectivity index (χ4v) is 2.65. The summed E-state index contributed by atoms with van der Waals surface area (Å²) >= 11 is 0. The van der Waals surface area contributed by atoms with Crippen LogP contribution in [0.25, 0.3) is 11.4 Å². The Kier molecular flexibility index (Phi) is 4.10. The maximum absolute atomic E-state index is 9.41. The molecular formula is C16H20N4O. The van der Waals surface area contributed by atoms with Gasteiger partial charge in [0.25, 0.3) is 0 Å². The van der Waals surface area contributed by atoms with Crippen molar-refractivity contribution >= 4 is 5.82 Å². The fraction of sp³-hybridized carbons (Fsp3) is 0.438. The second-order valence-corrected chi connectivity index (χ2v) is 5.35. The molecule has 0 radical (unpaired) electrons. The van der Waals surface area contributed by atoms with Gasteiger partial charge >= 0.3 is 0 Å². The molecule has 0 aliphatic heterocycles. The van der Waals surface area contributed by atoms with Crippen LogP contribution in [0.5, 0.6) is 0 Å². The van der Waals surface area contributed by atoms with Gasteiger partial charge in [-0.2, -0.15) is 0 Å². The lowest BCUT2D eigenvalue weighted by atomic mass is 10.2. The Bertz CT molecular complexity index is 611. The summed E-state index contributed by atoms with van der Waals surface area (Å²) in [5.41, 5.74) is 3.25. The minimum absolute atomic E-state index is 0.0337. The van der Waals surface area contributed by atoms with Gasteiger partial charge in [-0.1, -0.05) is 6.92 Å². The zero-order valence-electron chi connectivity index (χ0n) is 12.2. The van der Waals surface area contributed by atoms with E-state index in [0.29, 0.717) is 5.82 Å². The van der Waals surface area contributed by atoms with Crippen molar-refractivity contribution in [1.29, 1.82) is 0 Å². The van der Waals surface area contributed by atoms with Crippen molar-refractivity contribution in [2.45, 2.75) is 38.6 Å². The Labute approximate surface area is 124 Å². The number of hydrogen-bond acceptors (Lipinski definition) is 5. The van der Waals surface area contributed by atoms with Crippen LogP contribution in [-0.4, -0.2) is 32.7 Å². The molecule has 1 unspecified atom stereocenters. The molecule has 3 rings (SSSR count). The molecule has 1 aliphatic rings. The number of pyridine rings is 1. The van der Waals surface area contributed by atoms with Gasteiger partial charge in [-0.05, 0) is 37.8 Å². The number of hydrogen-bond donors (Lipinski definition) is 2. The average molecular weight is 284 g/mol. The Hall–Kier alpha value is -2.01. The van der Waals surface area contributed by atoms with Gasteiger partial charge in [-0.15, -0.1) is 0 Å². The van der Waals surface area contributed by atoms with E-state index in [1.807, 2.05) is 12.1 Å². The van der Waals surface area contributed by atoms with Crippen LogP contribution in [-0.2, 0) is 12.8 Å². The highest BCUT2D eigenvalue weighted by Gasteiger charge is 2.21. The minimum atomic E-state index is 0.0337. The average Bonchev–Trinajstić information content (AvgIpc) is 3.02. The van der Waals surface area contributed by atoms with E-state index in [-0.39, 0.29) is 12.6 Å². The lowest BCUT2D eigenvalue weighted by Crippen LogP contribution is -2.24. The van der Waals surface area contributed by atoms with Crippen molar-refractivity contribution in [1.82, 2.24) is 15.0 Å². The zero-order valence-corrected chi connectivity index (χ0v) is 12.2. The summed E-state index contributed by atoms with van der Waals surface area (Å²) in [6, 6.07) is 3.89. The Morgan fingerprint density at radius 2 is 2.24 bits per heavy atom. The SMILES string of the molecule is CCC(CO)Nc1nc(-c2cccnc2)nc2c1CCC2. The standard InChI is InChI=1S/C16H20N4O/c1-2-12(10-21)18-16-13-6-3-7-14(13)19-15(20-16)11-5-4-8-17-9-11/h4-5,8-9,12,21H,2-3,6-7,10H2,1H3,(H,18,19,20). The summed E-state index contributed by atoms with van der Waals surface area (Å²) < 4.78 is 0. The van der Waals surface area contributed by atoms with Crippen molar-refractivity contribution < 1.29 is 5.11 Å². The van der Waals surface area contributed by atoms with Gasteiger partial charge in [-0.25, -0.2) is 9.97 Å². The summed E-state index contributed by atoms with van der Waals surface area (Å²) in [4.78, 5) is 13.5. The molecule has 0 aromatic carbocycles. The molecule has 21 heavy (non-hydrogen) atoms. The minimum Gasteiger partial charge on any atom is -0.394 e. The number of anilines is 1. The molecule has 2 N–H and O–H groups in total. The molecule has 1 aliphatic carbocycles. The number of nitrogens with one attached hydrogen (secondary N) is 1. The molecule has 0 bridgehead atoms. The highest BCUT2D eigenvalue weighted by atomic mass is 16.3. The van der Waals surface area contributed by atoms with E-state index in [4.69, 9.17) is 0 Å². The number of aromatic nitrogens is 3. The molecule has 0 amide bonds. The van der Waals surface area contributed by atoms with Crippen molar-refractivity contribution in [3.8, 4) is 11.4 Å². The van der Waals surface area contributed by atoms with E-state index >= 15 is 0 Å². The van der Waals surface area contributed by atoms with E-state index in [0.717, 1.165) is 42.8 Å². The zero-order chi connectivity index (χ0) is 14.7. The van der Waals surface area contributed by atoms with Crippen LogP contribution in [0.3, 0.4) is 0 Å². The molecule has 5 heteroatoms. The van der Waals surface area contributed by atoms with Gasteiger partial charge in [0.1, 0.15) is 5.82 Å². The first kappa shape index (κ1) is 13.9. The Balaban J connectivity index is 2.00. The van der Waals surface area contributed by atoms with Gasteiger partial charge in [-0.3, -0.25) is 4.98 Å². The third-order valence-electron chi connectivity index (χ3n) is 3.91. The quantitative estimate of drug-likeness (QED) is 0.881. The van der Waals surface area contributed by atoms with E-state index < -0.39 is 0 Å². The first-order chi connectivity index (χ1) is 10.3. The third-order valence-corrected chi connectivity index (χ3v) is 3.91. The van der Waals surface area contributed by atoms with E-state index in [9.17, 15) is 5.11 Å². The Morgan fingerprint density at radius 3 is 2.95 bits per heavy atom. The molecule has 2 aromatic heterocycles. The van der Waals surface area contributed by atoms with Crippen LogP contribution >= 0.6 is 0 Å². The number of nitrogens with zero attached hydrogens (tertiary/aromatic N) is 3. The Morgan fingerprint density at radius 1 is 1.33 bits per heavy atom. The van der Waals surface area contributed by atoms with Gasteiger partial charge in [0.05, 0.1) is 12.6 Å². The maximum Gasteiger partial charge on any atom is 0.163 e. The number of aryl methyl sites for hydroxylation is 1. The molecule has 0 spiro atoms. The molecule has 0 fully saturated rings. The van der Waals surface area contributed by atoms with Crippen LogP contribution in [0.15, 0.2) is 24.5 Å². The van der Waals surface area contributed by atoms with Gasteiger partial charge in [0, 0.05) is 29.2 Å². The first-order valence-electron chi connectivity index (χ1n) is 7.49. The van der Waals surface area contributed by atoms with E-state index in [1.54, 1.807) is 12.4 Å². The monoisotopic (exact) mass is 284 g/mol. The normalized spacial score (nSPS) is 14.8. The third kappa shape index (κ3) is 2.88. The van der Waals surface area contributed by atoms with Crippen LogP contribution in [0, 0.1) is 0 Å². The maximum atomic E-state index is 9.41. The number of aliphatic hydroxyl groups is 1. The number of fused-ring (bicyclic) bond motifs is 1. The van der Waals surface area contributed by atoms with Gasteiger partial charge < -0.3 is 10.4 Å². The second-order valence-electron chi connectivity index (χ2n) is 5.35. The van der Waals surface area contributed by atoms with Crippen molar-refractivity contribution in [2.24, 2.45) is 0 Å². The molecule has 2 aromatic rings. The van der Waals surface area contributed by atoms with Crippen molar-refractivity contribution in [3.05, 3.63) is 35.8 Å². The highest BCUT2D eigenvalue weighted by molar-refractivity contribution is 5.60. The lowest BCUT2D eigenvalue weighted by Gasteiger charge is -2.18. The van der Waals surface area contributed by atoms with Gasteiger partial charge in [0.15, 0.2) is 5.82 Å². The van der Waals surface area contributed by atoms with Crippen LogP contribution in [0.2, 0.25) is 0 Å². The molecule has 1 atom stereocenters. The number of aliphatic hydroxyl groups excluding tert-OH is 1. The van der Waals surface area contributed by atoms with Crippen molar-refractivity contribution in [3.63, 3.8) is 0 Å². The molecule has 0 saturated heterocycles. The van der Waals surface area contributed by atoms with Crippen LogP contribution < -0.4 is 5.32 Å². The highest BCUT2D eigenvalue weighted by Crippen LogP contribution is 2.29. The smallest absolute Gasteiger partial charge is 0.163 e. The summed E-state index contributed by atoms with van der Waals surface area (Å²) in [5.74, 6) is 1.58. The molecule has 110 valence electrons. The number of rotatable bonds is 5. The lowest BCUT2D eigenvalue weighted by molar-refractivity contribution is 0.271. The largest absolute Gasteiger partial charge is 0.394 e. The molecule has 2 heterocycles. The first-order valence-corrected chi connectivity index (χ1v) is 7.49. The topological polar surface area (TPSA) is 70.9 Å². The predicted octanol–water partition coefficient (Wildman–Crippen LogP) is 2.21. The predicted molar refractivity (Wildman–Crippen MR) is 82.1 cm³/mol. The van der Waals surface area contributed by atoms with E-state index in [1.165, 1.54) is 5.56 Å². The van der Waals surface area contributed by atoms with Crippen LogP contribution in [0.4, 0.5) is 5.82 Å². The van der Waals surface area contributed by atoms with Crippen LogP contribution in [0.1, 0.15) is 31.0 Å². The molecule has 0 saturated carbocycles. The summed E-state index contributed by atoms with van der Waals surface area (Å²) in [5, 5.41) is 12.8. The fourth-order valence-electron chi connectivity index (χ4n) is 2.65. The molecule has 5 nitrogen and oxygen atoms in total. The second kappa shape index (κ2) is 6.18. The molecular weight excluding hydrogens is 264 g/mol. The van der Waals surface area contributed by atoms with Crippen molar-refractivity contribution in [2.75, 3.05) is 11.9 Å². The summed E-state index contributed by atoms with van der Waals surface area (Å²) in [6.07, 6.45) is 7.50. The van der Waals surface area contributed by atoms with E-state index in [2.05, 4.69) is 27.2 Å². The summed E-state index contributed by atoms with van der Waals surface area (Å²) in [7, 11) is 0. The van der Waals surface area contributed by atoms with Gasteiger partial charge in [0.2, 0.25) is 0 Å².